The van der Waals surface area contributed by atoms with Gasteiger partial charge in [-0.3, -0.25) is 0 Å². The minimum atomic E-state index is -3.38. The van der Waals surface area contributed by atoms with E-state index in [9.17, 15) is 8.42 Å². The highest BCUT2D eigenvalue weighted by Crippen LogP contribution is 2.19. The Morgan fingerprint density at radius 1 is 0.958 bits per heavy atom. The van der Waals surface area contributed by atoms with Crippen LogP contribution in [0.4, 0.5) is 0 Å². The molecule has 3 rings (SSSR count). The minimum Gasteiger partial charge on any atom is -0.338 e. The van der Waals surface area contributed by atoms with E-state index in [2.05, 4.69) is 10.1 Å². The number of benzene rings is 2. The zero-order chi connectivity index (χ0) is 17.2. The lowest BCUT2D eigenvalue weighted by molar-refractivity contribution is 0.389. The molecule has 6 heteroatoms. The van der Waals surface area contributed by atoms with E-state index in [1.54, 1.807) is 6.07 Å². The van der Waals surface area contributed by atoms with E-state index in [-0.39, 0.29) is 17.4 Å². The maximum absolute atomic E-state index is 12.4. The zero-order valence-corrected chi connectivity index (χ0v) is 14.4. The lowest BCUT2D eigenvalue weighted by atomic mass is 10.1. The standard InChI is InChI=1S/C18H18N2O3S/c1-13-5-3-7-15(9-13)11-24(21,22)12-17-19-18(20-23-17)16-8-4-6-14(2)10-16/h3-10H,11-12H2,1-2H3. The topological polar surface area (TPSA) is 73.1 Å². The third-order valence-electron chi connectivity index (χ3n) is 3.56. The molecule has 0 spiro atoms. The van der Waals surface area contributed by atoms with Gasteiger partial charge in [0.2, 0.25) is 11.7 Å². The number of rotatable bonds is 5. The second-order valence-corrected chi connectivity index (χ2v) is 7.97. The van der Waals surface area contributed by atoms with Crippen LogP contribution in [0, 0.1) is 13.8 Å². The Kier molecular flexibility index (Phi) is 4.49. The number of aryl methyl sites for hydroxylation is 2. The van der Waals surface area contributed by atoms with Crippen molar-refractivity contribution in [3.05, 3.63) is 71.1 Å². The molecule has 0 fully saturated rings. The summed E-state index contributed by atoms with van der Waals surface area (Å²) in [6, 6.07) is 15.1. The first-order valence-electron chi connectivity index (χ1n) is 7.57. The quantitative estimate of drug-likeness (QED) is 0.710. The van der Waals surface area contributed by atoms with Gasteiger partial charge < -0.3 is 4.52 Å². The normalized spacial score (nSPS) is 11.6. The largest absolute Gasteiger partial charge is 0.338 e. The summed E-state index contributed by atoms with van der Waals surface area (Å²) in [5.41, 5.74) is 3.67. The molecule has 3 aromatic rings. The van der Waals surface area contributed by atoms with Crippen molar-refractivity contribution in [2.45, 2.75) is 25.4 Å². The van der Waals surface area contributed by atoms with Crippen molar-refractivity contribution >= 4 is 9.84 Å². The third-order valence-corrected chi connectivity index (χ3v) is 5.02. The number of nitrogens with zero attached hydrogens (tertiary/aromatic N) is 2. The van der Waals surface area contributed by atoms with Crippen LogP contribution in [0.5, 0.6) is 0 Å². The third kappa shape index (κ3) is 4.08. The minimum absolute atomic E-state index is 0.0448. The average molecular weight is 342 g/mol. The average Bonchev–Trinajstić information content (AvgIpc) is 2.94. The molecule has 0 N–H and O–H groups in total. The highest BCUT2D eigenvalue weighted by atomic mass is 32.2. The van der Waals surface area contributed by atoms with Crippen molar-refractivity contribution in [1.29, 1.82) is 0 Å². The van der Waals surface area contributed by atoms with E-state index >= 15 is 0 Å². The fourth-order valence-electron chi connectivity index (χ4n) is 2.51. The number of hydrogen-bond acceptors (Lipinski definition) is 5. The lowest BCUT2D eigenvalue weighted by Crippen LogP contribution is -2.08. The molecule has 0 radical (unpaired) electrons. The second kappa shape index (κ2) is 6.57. The fraction of sp³-hybridized carbons (Fsp3) is 0.222. The van der Waals surface area contributed by atoms with Gasteiger partial charge in [-0.15, -0.1) is 0 Å². The Labute approximate surface area is 141 Å². The zero-order valence-electron chi connectivity index (χ0n) is 13.6. The van der Waals surface area contributed by atoms with E-state index in [1.807, 2.05) is 56.3 Å². The predicted molar refractivity (Wildman–Crippen MR) is 92.0 cm³/mol. The molecule has 1 heterocycles. The molecule has 124 valence electrons. The van der Waals surface area contributed by atoms with Crippen molar-refractivity contribution in [2.24, 2.45) is 0 Å². The van der Waals surface area contributed by atoms with E-state index in [0.717, 1.165) is 22.3 Å². The van der Waals surface area contributed by atoms with Gasteiger partial charge in [-0.25, -0.2) is 8.42 Å². The molecule has 1 aromatic heterocycles. The van der Waals surface area contributed by atoms with Crippen molar-refractivity contribution < 1.29 is 12.9 Å². The molecule has 5 nitrogen and oxygen atoms in total. The van der Waals surface area contributed by atoms with Crippen LogP contribution >= 0.6 is 0 Å². The first-order valence-corrected chi connectivity index (χ1v) is 9.39. The Morgan fingerprint density at radius 2 is 1.67 bits per heavy atom. The highest BCUT2D eigenvalue weighted by molar-refractivity contribution is 7.89. The van der Waals surface area contributed by atoms with E-state index < -0.39 is 9.84 Å². The van der Waals surface area contributed by atoms with Crippen LogP contribution in [0.15, 0.2) is 53.1 Å². The Morgan fingerprint density at radius 3 is 2.38 bits per heavy atom. The van der Waals surface area contributed by atoms with Crippen molar-refractivity contribution in [1.82, 2.24) is 10.1 Å². The van der Waals surface area contributed by atoms with Crippen LogP contribution < -0.4 is 0 Å². The summed E-state index contributed by atoms with van der Waals surface area (Å²) in [6.45, 7) is 3.90. The lowest BCUT2D eigenvalue weighted by Gasteiger charge is -2.03. The first kappa shape index (κ1) is 16.4. The van der Waals surface area contributed by atoms with E-state index in [0.29, 0.717) is 5.82 Å². The van der Waals surface area contributed by atoms with Crippen LogP contribution in [0.25, 0.3) is 11.4 Å². The Bertz CT molecular complexity index is 962. The van der Waals surface area contributed by atoms with Crippen LogP contribution in [0.1, 0.15) is 22.6 Å². The van der Waals surface area contributed by atoms with Gasteiger partial charge in [-0.1, -0.05) is 58.7 Å². The SMILES string of the molecule is Cc1cccc(CS(=O)(=O)Cc2nc(-c3cccc(C)c3)no2)c1. The molecule has 0 bridgehead atoms. The van der Waals surface area contributed by atoms with Crippen molar-refractivity contribution in [3.63, 3.8) is 0 Å². The van der Waals surface area contributed by atoms with Gasteiger partial charge in [0.05, 0.1) is 5.75 Å². The van der Waals surface area contributed by atoms with Crippen LogP contribution in [-0.4, -0.2) is 18.6 Å². The van der Waals surface area contributed by atoms with Gasteiger partial charge in [0, 0.05) is 5.56 Å². The Hall–Kier alpha value is -2.47. The Balaban J connectivity index is 1.76. The first-order chi connectivity index (χ1) is 11.4. The van der Waals surface area contributed by atoms with Crippen molar-refractivity contribution in [2.75, 3.05) is 0 Å². The predicted octanol–water partition coefficient (Wildman–Crippen LogP) is 3.47. The van der Waals surface area contributed by atoms with Gasteiger partial charge in [0.15, 0.2) is 9.84 Å². The maximum atomic E-state index is 12.4. The molecule has 0 unspecified atom stereocenters. The highest BCUT2D eigenvalue weighted by Gasteiger charge is 2.18. The summed E-state index contributed by atoms with van der Waals surface area (Å²) >= 11 is 0. The van der Waals surface area contributed by atoms with Crippen LogP contribution in [0.2, 0.25) is 0 Å². The molecular weight excluding hydrogens is 324 g/mol. The number of hydrogen-bond donors (Lipinski definition) is 0. The summed E-state index contributed by atoms with van der Waals surface area (Å²) < 4.78 is 29.8. The molecular formula is C18H18N2O3S. The van der Waals surface area contributed by atoms with Gasteiger partial charge in [0.1, 0.15) is 5.75 Å². The van der Waals surface area contributed by atoms with E-state index in [4.69, 9.17) is 4.52 Å². The molecule has 0 aliphatic carbocycles. The molecule has 0 atom stereocenters. The van der Waals surface area contributed by atoms with Gasteiger partial charge in [0.25, 0.3) is 0 Å². The smallest absolute Gasteiger partial charge is 0.242 e. The fourth-order valence-corrected chi connectivity index (χ4v) is 3.79. The second-order valence-electron chi connectivity index (χ2n) is 5.90. The van der Waals surface area contributed by atoms with Gasteiger partial charge >= 0.3 is 0 Å². The summed E-state index contributed by atoms with van der Waals surface area (Å²) in [5.74, 6) is 0.204. The van der Waals surface area contributed by atoms with Gasteiger partial charge in [-0.2, -0.15) is 4.98 Å². The molecule has 24 heavy (non-hydrogen) atoms. The molecule has 0 saturated heterocycles. The van der Waals surface area contributed by atoms with E-state index in [1.165, 1.54) is 0 Å². The maximum Gasteiger partial charge on any atom is 0.242 e. The molecule has 0 aliphatic heterocycles. The van der Waals surface area contributed by atoms with Crippen molar-refractivity contribution in [3.8, 4) is 11.4 Å². The number of sulfone groups is 1. The summed E-state index contributed by atoms with van der Waals surface area (Å²) in [4.78, 5) is 4.21. The molecule has 2 aromatic carbocycles. The van der Waals surface area contributed by atoms with Crippen LogP contribution in [0.3, 0.4) is 0 Å². The molecule has 0 aliphatic rings. The number of aromatic nitrogens is 2. The molecule has 0 saturated carbocycles. The molecule has 0 amide bonds. The monoisotopic (exact) mass is 342 g/mol. The van der Waals surface area contributed by atoms with Gasteiger partial charge in [-0.05, 0) is 25.5 Å². The van der Waals surface area contributed by atoms with Crippen LogP contribution in [-0.2, 0) is 21.3 Å². The summed E-state index contributed by atoms with van der Waals surface area (Å²) in [7, 11) is -3.38. The summed E-state index contributed by atoms with van der Waals surface area (Å²) in [6.07, 6.45) is 0. The summed E-state index contributed by atoms with van der Waals surface area (Å²) in [5, 5.41) is 3.88.